The Hall–Kier alpha value is -2.89. The lowest BCUT2D eigenvalue weighted by atomic mass is 10.1. The molecule has 0 aromatic heterocycles. The molecule has 0 aliphatic rings. The van der Waals surface area contributed by atoms with Gasteiger partial charge in [-0.05, 0) is 103 Å². The molecular formula is C56H98O6. The fourth-order valence-electron chi connectivity index (χ4n) is 7.27. The van der Waals surface area contributed by atoms with Gasteiger partial charge in [0.2, 0.25) is 0 Å². The van der Waals surface area contributed by atoms with E-state index in [1.807, 2.05) is 0 Å². The van der Waals surface area contributed by atoms with Gasteiger partial charge in [-0.2, -0.15) is 0 Å². The van der Waals surface area contributed by atoms with Gasteiger partial charge >= 0.3 is 17.9 Å². The molecule has 0 aliphatic carbocycles. The summed E-state index contributed by atoms with van der Waals surface area (Å²) in [6.07, 6.45) is 62.1. The van der Waals surface area contributed by atoms with Crippen LogP contribution in [0.4, 0.5) is 0 Å². The number of hydrogen-bond acceptors (Lipinski definition) is 6. The number of ether oxygens (including phenoxy) is 3. The van der Waals surface area contributed by atoms with Crippen LogP contribution < -0.4 is 0 Å². The lowest BCUT2D eigenvalue weighted by molar-refractivity contribution is -0.167. The second-order valence-electron chi connectivity index (χ2n) is 17.4. The maximum absolute atomic E-state index is 12.8. The van der Waals surface area contributed by atoms with Crippen LogP contribution in [-0.2, 0) is 28.6 Å². The van der Waals surface area contributed by atoms with E-state index in [9.17, 15) is 14.4 Å². The van der Waals surface area contributed by atoms with Gasteiger partial charge in [0.25, 0.3) is 0 Å². The number of carbonyl (C=O) groups is 3. The van der Waals surface area contributed by atoms with E-state index < -0.39 is 6.10 Å². The summed E-state index contributed by atoms with van der Waals surface area (Å²) in [4.78, 5) is 38.0. The fraction of sp³-hybridized carbons (Fsp3) is 0.768. The largest absolute Gasteiger partial charge is 0.462 e. The molecule has 1 atom stereocenters. The molecule has 0 aliphatic heterocycles. The quantitative estimate of drug-likeness (QED) is 0.0262. The van der Waals surface area contributed by atoms with E-state index in [1.54, 1.807) is 0 Å². The maximum Gasteiger partial charge on any atom is 0.306 e. The molecule has 1 unspecified atom stereocenters. The highest BCUT2D eigenvalue weighted by atomic mass is 16.6. The SMILES string of the molecule is CC/C=C\C/C=C\C/C=C\CCCCC(=O)OCC(COC(=O)CCCCCCCCC/C=C\CCCCCCCC)OC(=O)CCCCCCCCC/C=C\CCCCCC. The predicted molar refractivity (Wildman–Crippen MR) is 265 cm³/mol. The van der Waals surface area contributed by atoms with Crippen LogP contribution in [-0.4, -0.2) is 37.2 Å². The normalized spacial score (nSPS) is 12.5. The van der Waals surface area contributed by atoms with E-state index in [1.165, 1.54) is 141 Å². The van der Waals surface area contributed by atoms with Crippen molar-refractivity contribution in [1.82, 2.24) is 0 Å². The van der Waals surface area contributed by atoms with Gasteiger partial charge in [0.15, 0.2) is 6.10 Å². The Kier molecular flexibility index (Phi) is 48.4. The molecule has 358 valence electrons. The topological polar surface area (TPSA) is 78.9 Å². The van der Waals surface area contributed by atoms with E-state index >= 15 is 0 Å². The molecule has 0 fully saturated rings. The zero-order valence-corrected chi connectivity index (χ0v) is 40.9. The first-order valence-electron chi connectivity index (χ1n) is 26.3. The average Bonchev–Trinajstić information content (AvgIpc) is 3.27. The molecule has 0 aromatic carbocycles. The van der Waals surface area contributed by atoms with Crippen molar-refractivity contribution in [2.75, 3.05) is 13.2 Å². The van der Waals surface area contributed by atoms with E-state index in [2.05, 4.69) is 81.5 Å². The molecule has 0 saturated heterocycles. The van der Waals surface area contributed by atoms with Crippen molar-refractivity contribution in [2.24, 2.45) is 0 Å². The van der Waals surface area contributed by atoms with E-state index in [4.69, 9.17) is 14.2 Å². The van der Waals surface area contributed by atoms with Crippen molar-refractivity contribution in [2.45, 2.75) is 264 Å². The van der Waals surface area contributed by atoms with E-state index in [0.29, 0.717) is 19.3 Å². The Morgan fingerprint density at radius 2 is 0.629 bits per heavy atom. The number of allylic oxidation sites excluding steroid dienone is 10. The van der Waals surface area contributed by atoms with Crippen LogP contribution in [0.25, 0.3) is 0 Å². The van der Waals surface area contributed by atoms with Crippen LogP contribution in [0.15, 0.2) is 60.8 Å². The second kappa shape index (κ2) is 50.8. The summed E-state index contributed by atoms with van der Waals surface area (Å²) in [6.45, 7) is 6.47. The zero-order chi connectivity index (χ0) is 45.1. The van der Waals surface area contributed by atoms with Crippen LogP contribution in [0, 0.1) is 0 Å². The summed E-state index contributed by atoms with van der Waals surface area (Å²) in [5.74, 6) is -0.935. The van der Waals surface area contributed by atoms with Crippen LogP contribution in [0.1, 0.15) is 258 Å². The molecule has 0 spiro atoms. The van der Waals surface area contributed by atoms with Crippen molar-refractivity contribution in [3.8, 4) is 0 Å². The van der Waals surface area contributed by atoms with Crippen molar-refractivity contribution < 1.29 is 28.6 Å². The molecule has 0 amide bonds. The fourth-order valence-corrected chi connectivity index (χ4v) is 7.27. The Morgan fingerprint density at radius 3 is 1.05 bits per heavy atom. The molecule has 0 radical (unpaired) electrons. The third-order valence-corrected chi connectivity index (χ3v) is 11.2. The zero-order valence-electron chi connectivity index (χ0n) is 40.9. The van der Waals surface area contributed by atoms with Crippen molar-refractivity contribution in [1.29, 1.82) is 0 Å². The maximum atomic E-state index is 12.8. The van der Waals surface area contributed by atoms with Crippen LogP contribution in [0.3, 0.4) is 0 Å². The molecule has 6 heteroatoms. The van der Waals surface area contributed by atoms with Crippen LogP contribution in [0.5, 0.6) is 0 Å². The molecular weight excluding hydrogens is 769 g/mol. The number of esters is 3. The molecule has 62 heavy (non-hydrogen) atoms. The summed E-state index contributed by atoms with van der Waals surface area (Å²) in [5.41, 5.74) is 0. The minimum absolute atomic E-state index is 0.0898. The molecule has 0 N–H and O–H groups in total. The highest BCUT2D eigenvalue weighted by Gasteiger charge is 2.19. The summed E-state index contributed by atoms with van der Waals surface area (Å²) in [5, 5.41) is 0. The molecule has 0 saturated carbocycles. The molecule has 0 rings (SSSR count). The van der Waals surface area contributed by atoms with Gasteiger partial charge in [0.1, 0.15) is 13.2 Å². The number of carbonyl (C=O) groups excluding carboxylic acids is 3. The van der Waals surface area contributed by atoms with Gasteiger partial charge in [-0.25, -0.2) is 0 Å². The first-order valence-corrected chi connectivity index (χ1v) is 26.3. The Morgan fingerprint density at radius 1 is 0.339 bits per heavy atom. The molecule has 0 heterocycles. The monoisotopic (exact) mass is 867 g/mol. The second-order valence-corrected chi connectivity index (χ2v) is 17.4. The third-order valence-electron chi connectivity index (χ3n) is 11.2. The van der Waals surface area contributed by atoms with E-state index in [-0.39, 0.29) is 31.1 Å². The highest BCUT2D eigenvalue weighted by molar-refractivity contribution is 5.71. The third kappa shape index (κ3) is 48.1. The Labute approximate surface area is 383 Å². The van der Waals surface area contributed by atoms with Gasteiger partial charge in [0, 0.05) is 19.3 Å². The van der Waals surface area contributed by atoms with Crippen molar-refractivity contribution in [3.63, 3.8) is 0 Å². The van der Waals surface area contributed by atoms with Gasteiger partial charge in [0.05, 0.1) is 0 Å². The molecule has 0 bridgehead atoms. The smallest absolute Gasteiger partial charge is 0.306 e. The van der Waals surface area contributed by atoms with Crippen molar-refractivity contribution >= 4 is 17.9 Å². The average molecular weight is 867 g/mol. The Bertz CT molecular complexity index is 1130. The van der Waals surface area contributed by atoms with Gasteiger partial charge in [-0.3, -0.25) is 14.4 Å². The van der Waals surface area contributed by atoms with Crippen molar-refractivity contribution in [3.05, 3.63) is 60.8 Å². The standard InChI is InChI=1S/C56H98O6/c1-4-7-10-13-16-19-22-25-27-28-30-31-34-37-40-43-46-49-55(58)61-52-53(51-60-54(57)48-45-42-39-36-33-24-21-18-15-12-9-6-3)62-56(59)50-47-44-41-38-35-32-29-26-23-20-17-14-11-8-5-2/h9,12,18,20-21,23,25,27,33,36,53H,4-8,10-11,13-17,19,22,24,26,28-32,34-35,37-52H2,1-3H3/b12-9-,21-18-,23-20-,27-25-,36-33-. The molecule has 6 nitrogen and oxygen atoms in total. The summed E-state index contributed by atoms with van der Waals surface area (Å²) in [6, 6.07) is 0. The number of hydrogen-bond donors (Lipinski definition) is 0. The number of rotatable bonds is 47. The first kappa shape index (κ1) is 59.1. The Balaban J connectivity index is 4.40. The van der Waals surface area contributed by atoms with Gasteiger partial charge in [-0.1, -0.05) is 197 Å². The first-order chi connectivity index (χ1) is 30.5. The number of unbranched alkanes of at least 4 members (excludes halogenated alkanes) is 26. The summed E-state index contributed by atoms with van der Waals surface area (Å²) < 4.78 is 16.8. The van der Waals surface area contributed by atoms with Crippen LogP contribution in [0.2, 0.25) is 0 Å². The van der Waals surface area contributed by atoms with Crippen LogP contribution >= 0.6 is 0 Å². The highest BCUT2D eigenvalue weighted by Crippen LogP contribution is 2.14. The minimum Gasteiger partial charge on any atom is -0.462 e. The summed E-state index contributed by atoms with van der Waals surface area (Å²) in [7, 11) is 0. The molecule has 0 aromatic rings. The predicted octanol–water partition coefficient (Wildman–Crippen LogP) is 17.3. The van der Waals surface area contributed by atoms with Gasteiger partial charge < -0.3 is 14.2 Å². The lowest BCUT2D eigenvalue weighted by Gasteiger charge is -2.18. The lowest BCUT2D eigenvalue weighted by Crippen LogP contribution is -2.30. The summed E-state index contributed by atoms with van der Waals surface area (Å²) >= 11 is 0. The minimum atomic E-state index is -0.792. The van der Waals surface area contributed by atoms with Gasteiger partial charge in [-0.15, -0.1) is 0 Å². The van der Waals surface area contributed by atoms with E-state index in [0.717, 1.165) is 77.0 Å².